The van der Waals surface area contributed by atoms with Gasteiger partial charge in [0.05, 0.1) is 6.20 Å². The van der Waals surface area contributed by atoms with Crippen LogP contribution in [0.1, 0.15) is 41.1 Å². The van der Waals surface area contributed by atoms with Crippen molar-refractivity contribution in [1.29, 1.82) is 0 Å². The molecule has 1 atom stereocenters. The normalized spacial score (nSPS) is 16.6. The summed E-state index contributed by atoms with van der Waals surface area (Å²) in [5, 5.41) is 8.95. The Morgan fingerprint density at radius 3 is 3.00 bits per heavy atom. The maximum absolute atomic E-state index is 12.8. The van der Waals surface area contributed by atoms with Crippen LogP contribution in [0.2, 0.25) is 0 Å². The molecule has 0 N–H and O–H groups in total. The zero-order valence-corrected chi connectivity index (χ0v) is 15.4. The Morgan fingerprint density at radius 2 is 2.24 bits per heavy atom. The number of carbonyl (C=O) groups excluding carboxylic acids is 1. The third-order valence-corrected chi connectivity index (χ3v) is 5.31. The van der Waals surface area contributed by atoms with Crippen LogP contribution < -0.4 is 4.90 Å². The van der Waals surface area contributed by atoms with E-state index in [0.717, 1.165) is 36.9 Å². The van der Waals surface area contributed by atoms with Crippen molar-refractivity contribution in [2.75, 3.05) is 37.7 Å². The highest BCUT2D eigenvalue weighted by molar-refractivity contribution is 7.13. The minimum absolute atomic E-state index is 0.0495. The Balaban J connectivity index is 1.63. The second-order valence-electron chi connectivity index (χ2n) is 5.87. The van der Waals surface area contributed by atoms with Gasteiger partial charge in [0.1, 0.15) is 16.0 Å². The number of hydrogen-bond donors (Lipinski definition) is 0. The lowest BCUT2D eigenvalue weighted by Gasteiger charge is -2.22. The van der Waals surface area contributed by atoms with E-state index in [1.807, 2.05) is 30.9 Å². The maximum atomic E-state index is 12.8. The maximum Gasteiger partial charge on any atom is 0.265 e. The van der Waals surface area contributed by atoms with Crippen LogP contribution in [-0.4, -0.2) is 58.8 Å². The van der Waals surface area contributed by atoms with Crippen molar-refractivity contribution in [3.63, 3.8) is 0 Å². The molecule has 0 radical (unpaired) electrons. The molecule has 1 aliphatic heterocycles. The van der Waals surface area contributed by atoms with Crippen molar-refractivity contribution < 1.29 is 9.53 Å². The molecule has 1 aliphatic rings. The van der Waals surface area contributed by atoms with Gasteiger partial charge in [-0.3, -0.25) is 4.79 Å². The number of nitrogens with zero attached hydrogens (tertiary/aromatic N) is 5. The summed E-state index contributed by atoms with van der Waals surface area (Å²) < 4.78 is 5.55. The van der Waals surface area contributed by atoms with Gasteiger partial charge in [-0.15, -0.1) is 16.4 Å². The highest BCUT2D eigenvalue weighted by Crippen LogP contribution is 2.24. The van der Waals surface area contributed by atoms with Crippen LogP contribution in [0.3, 0.4) is 0 Å². The van der Waals surface area contributed by atoms with E-state index >= 15 is 0 Å². The van der Waals surface area contributed by atoms with Crippen molar-refractivity contribution in [3.05, 3.63) is 34.4 Å². The first-order valence-electron chi connectivity index (χ1n) is 8.58. The van der Waals surface area contributed by atoms with Gasteiger partial charge in [-0.2, -0.15) is 5.10 Å². The number of rotatable bonds is 5. The Hall–Kier alpha value is -2.06. The van der Waals surface area contributed by atoms with Gasteiger partial charge in [0.25, 0.3) is 5.91 Å². The summed E-state index contributed by atoms with van der Waals surface area (Å²) in [6.07, 6.45) is 4.17. The van der Waals surface area contributed by atoms with E-state index in [-0.39, 0.29) is 12.0 Å². The molecule has 0 saturated carbocycles. The number of hydrogen-bond acceptors (Lipinski definition) is 7. The molecule has 0 spiro atoms. The molecule has 0 aliphatic carbocycles. The predicted molar refractivity (Wildman–Crippen MR) is 96.9 cm³/mol. The van der Waals surface area contributed by atoms with Crippen molar-refractivity contribution in [2.45, 2.75) is 26.4 Å². The van der Waals surface area contributed by atoms with E-state index in [2.05, 4.69) is 20.1 Å². The van der Waals surface area contributed by atoms with E-state index < -0.39 is 0 Å². The molecular formula is C17H23N5O2S. The number of aromatic nitrogens is 3. The molecule has 1 amide bonds. The second kappa shape index (κ2) is 8.35. The molecule has 2 aromatic heterocycles. The highest BCUT2D eigenvalue weighted by Gasteiger charge is 2.23. The zero-order chi connectivity index (χ0) is 17.6. The fourth-order valence-electron chi connectivity index (χ4n) is 2.86. The van der Waals surface area contributed by atoms with Gasteiger partial charge in [-0.05, 0) is 32.4 Å². The molecule has 25 heavy (non-hydrogen) atoms. The lowest BCUT2D eigenvalue weighted by atomic mass is 10.3. The Bertz CT molecular complexity index is 693. The van der Waals surface area contributed by atoms with Crippen molar-refractivity contribution >= 4 is 23.1 Å². The third-order valence-electron chi connectivity index (χ3n) is 4.16. The molecular weight excluding hydrogens is 338 g/mol. The average Bonchev–Trinajstić information content (AvgIpc) is 3.00. The molecule has 1 fully saturated rings. The lowest BCUT2D eigenvalue weighted by molar-refractivity contribution is 0.0761. The van der Waals surface area contributed by atoms with Gasteiger partial charge < -0.3 is 14.5 Å². The lowest BCUT2D eigenvalue weighted by Crippen LogP contribution is -2.35. The Labute approximate surface area is 151 Å². The summed E-state index contributed by atoms with van der Waals surface area (Å²) in [5.41, 5.74) is 0. The summed E-state index contributed by atoms with van der Waals surface area (Å²) in [5.74, 6) is 0.913. The van der Waals surface area contributed by atoms with Crippen LogP contribution in [0.15, 0.2) is 24.5 Å². The van der Waals surface area contributed by atoms with E-state index in [0.29, 0.717) is 18.0 Å². The SMILES string of the molecule is CCOC(C)c1ncc(C(=O)N2CCCN(c3cccnn3)CC2)s1. The first kappa shape index (κ1) is 17.8. The first-order chi connectivity index (χ1) is 12.2. The van der Waals surface area contributed by atoms with Crippen LogP contribution in [0.4, 0.5) is 5.82 Å². The van der Waals surface area contributed by atoms with Crippen LogP contribution >= 0.6 is 11.3 Å². The smallest absolute Gasteiger partial charge is 0.265 e. The second-order valence-corrected chi connectivity index (χ2v) is 6.94. The summed E-state index contributed by atoms with van der Waals surface area (Å²) >= 11 is 1.42. The molecule has 0 aromatic carbocycles. The molecule has 1 saturated heterocycles. The van der Waals surface area contributed by atoms with Crippen LogP contribution in [0, 0.1) is 0 Å². The standard InChI is InChI=1S/C17H23N5O2S/c1-3-24-13(2)16-18-12-14(25-16)17(23)22-9-5-8-21(10-11-22)15-6-4-7-19-20-15/h4,6-7,12-13H,3,5,8-11H2,1-2H3. The molecule has 1 unspecified atom stereocenters. The molecule has 8 heteroatoms. The van der Waals surface area contributed by atoms with E-state index in [4.69, 9.17) is 4.74 Å². The van der Waals surface area contributed by atoms with Gasteiger partial charge in [0, 0.05) is 39.0 Å². The number of ether oxygens (including phenoxy) is 1. The largest absolute Gasteiger partial charge is 0.372 e. The molecule has 3 rings (SSSR count). The number of carbonyl (C=O) groups is 1. The van der Waals surface area contributed by atoms with Crippen LogP contribution in [-0.2, 0) is 4.74 Å². The Morgan fingerprint density at radius 1 is 1.36 bits per heavy atom. The van der Waals surface area contributed by atoms with E-state index in [9.17, 15) is 4.79 Å². The zero-order valence-electron chi connectivity index (χ0n) is 14.6. The van der Waals surface area contributed by atoms with E-state index in [1.54, 1.807) is 12.4 Å². The number of anilines is 1. The predicted octanol–water partition coefficient (Wildman–Crippen LogP) is 2.38. The van der Waals surface area contributed by atoms with Gasteiger partial charge in [0.2, 0.25) is 0 Å². The van der Waals surface area contributed by atoms with Crippen LogP contribution in [0.25, 0.3) is 0 Å². The van der Waals surface area contributed by atoms with E-state index in [1.165, 1.54) is 11.3 Å². The number of thiazole rings is 1. The fraction of sp³-hybridized carbons (Fsp3) is 0.529. The summed E-state index contributed by atoms with van der Waals surface area (Å²) in [7, 11) is 0. The van der Waals surface area contributed by atoms with Gasteiger partial charge >= 0.3 is 0 Å². The first-order valence-corrected chi connectivity index (χ1v) is 9.40. The van der Waals surface area contributed by atoms with Crippen molar-refractivity contribution in [2.24, 2.45) is 0 Å². The molecule has 2 aromatic rings. The van der Waals surface area contributed by atoms with Gasteiger partial charge in [-0.25, -0.2) is 4.98 Å². The summed E-state index contributed by atoms with van der Waals surface area (Å²) in [4.78, 5) is 21.9. The summed E-state index contributed by atoms with van der Waals surface area (Å²) in [6, 6.07) is 3.84. The van der Waals surface area contributed by atoms with Crippen LogP contribution in [0.5, 0.6) is 0 Å². The third kappa shape index (κ3) is 4.32. The van der Waals surface area contributed by atoms with Gasteiger partial charge in [0.15, 0.2) is 5.82 Å². The molecule has 3 heterocycles. The monoisotopic (exact) mass is 361 g/mol. The van der Waals surface area contributed by atoms with Gasteiger partial charge in [-0.1, -0.05) is 0 Å². The average molecular weight is 361 g/mol. The molecule has 0 bridgehead atoms. The highest BCUT2D eigenvalue weighted by atomic mass is 32.1. The minimum atomic E-state index is -0.0761. The summed E-state index contributed by atoms with van der Waals surface area (Å²) in [6.45, 7) is 7.59. The number of amides is 1. The topological polar surface area (TPSA) is 71.5 Å². The quantitative estimate of drug-likeness (QED) is 0.814. The Kier molecular flexibility index (Phi) is 5.93. The molecule has 134 valence electrons. The van der Waals surface area contributed by atoms with Crippen molar-refractivity contribution in [3.8, 4) is 0 Å². The minimum Gasteiger partial charge on any atom is -0.372 e. The fourth-order valence-corrected chi connectivity index (χ4v) is 3.75. The molecule has 7 nitrogen and oxygen atoms in total. The van der Waals surface area contributed by atoms with Crippen molar-refractivity contribution in [1.82, 2.24) is 20.1 Å².